The molecule has 1 heterocycles. The lowest BCUT2D eigenvalue weighted by Gasteiger charge is -2.14. The molecule has 1 saturated heterocycles. The molecule has 1 aromatic carbocycles. The Morgan fingerprint density at radius 3 is 2.64 bits per heavy atom. The molecule has 0 spiro atoms. The van der Waals surface area contributed by atoms with Gasteiger partial charge in [-0.25, -0.2) is 0 Å². The predicted molar refractivity (Wildman–Crippen MR) is 86.9 cm³/mol. The van der Waals surface area contributed by atoms with E-state index in [9.17, 15) is 9.90 Å². The summed E-state index contributed by atoms with van der Waals surface area (Å²) in [5.74, 6) is 0.941. The number of amides is 1. The number of nitrogens with zero attached hydrogens (tertiary/aromatic N) is 1. The first-order chi connectivity index (χ1) is 10.7. The molecule has 2 atom stereocenters. The molecule has 1 aliphatic heterocycles. The van der Waals surface area contributed by atoms with Gasteiger partial charge >= 0.3 is 0 Å². The van der Waals surface area contributed by atoms with Gasteiger partial charge in [-0.2, -0.15) is 0 Å². The molecule has 22 heavy (non-hydrogen) atoms. The number of likely N-dealkylation sites (tertiary alicyclic amines) is 1. The fraction of sp³-hybridized carbons (Fsp3) is 0.611. The number of hydrogen-bond acceptors (Lipinski definition) is 3. The molecule has 4 heteroatoms. The molecule has 2 aliphatic rings. The van der Waals surface area contributed by atoms with E-state index < -0.39 is 0 Å². The number of benzene rings is 1. The molecule has 2 unspecified atom stereocenters. The van der Waals surface area contributed by atoms with Crippen LogP contribution in [0.2, 0.25) is 0 Å². The maximum absolute atomic E-state index is 12.1. The Morgan fingerprint density at radius 2 is 1.91 bits per heavy atom. The second-order valence-corrected chi connectivity index (χ2v) is 6.59. The number of carbonyl (C=O) groups is 1. The minimum Gasteiger partial charge on any atom is -0.508 e. The first-order valence-corrected chi connectivity index (χ1v) is 8.53. The fourth-order valence-corrected chi connectivity index (χ4v) is 3.38. The quantitative estimate of drug-likeness (QED) is 0.761. The number of carbonyl (C=O) groups excluding carboxylic acids is 1. The lowest BCUT2D eigenvalue weighted by molar-refractivity contribution is -0.122. The Kier molecular flexibility index (Phi) is 4.98. The summed E-state index contributed by atoms with van der Waals surface area (Å²) in [6, 6.07) is 7.23. The summed E-state index contributed by atoms with van der Waals surface area (Å²) in [5.41, 5.74) is 1.16. The van der Waals surface area contributed by atoms with Crippen molar-refractivity contribution >= 4 is 5.91 Å². The molecule has 1 aromatic rings. The molecule has 2 N–H and O–H groups in total. The van der Waals surface area contributed by atoms with Crippen LogP contribution >= 0.6 is 0 Å². The Balaban J connectivity index is 1.31. The van der Waals surface area contributed by atoms with Gasteiger partial charge < -0.3 is 15.3 Å². The largest absolute Gasteiger partial charge is 0.508 e. The fourth-order valence-electron chi connectivity index (χ4n) is 3.38. The highest BCUT2D eigenvalue weighted by molar-refractivity contribution is 5.82. The van der Waals surface area contributed by atoms with Gasteiger partial charge in [0.25, 0.3) is 0 Å². The zero-order valence-corrected chi connectivity index (χ0v) is 13.1. The van der Waals surface area contributed by atoms with Gasteiger partial charge in [-0.05, 0) is 75.4 Å². The van der Waals surface area contributed by atoms with Crippen molar-refractivity contribution in [3.63, 3.8) is 0 Å². The summed E-state index contributed by atoms with van der Waals surface area (Å²) < 4.78 is 0. The van der Waals surface area contributed by atoms with Gasteiger partial charge in [0.15, 0.2) is 0 Å². The number of nitrogens with one attached hydrogen (secondary N) is 1. The molecular formula is C18H26N2O2. The van der Waals surface area contributed by atoms with E-state index in [4.69, 9.17) is 0 Å². The number of aromatic hydroxyl groups is 1. The Bertz CT molecular complexity index is 494. The topological polar surface area (TPSA) is 52.6 Å². The van der Waals surface area contributed by atoms with Crippen LogP contribution in [-0.2, 0) is 4.79 Å². The van der Waals surface area contributed by atoms with Gasteiger partial charge in [0, 0.05) is 12.5 Å². The average Bonchev–Trinajstić information content (AvgIpc) is 3.15. The van der Waals surface area contributed by atoms with Crippen molar-refractivity contribution in [1.82, 2.24) is 10.2 Å². The summed E-state index contributed by atoms with van der Waals surface area (Å²) in [4.78, 5) is 14.6. The molecule has 0 radical (unpaired) electrons. The van der Waals surface area contributed by atoms with Gasteiger partial charge in [0.1, 0.15) is 5.75 Å². The smallest absolute Gasteiger partial charge is 0.223 e. The summed E-state index contributed by atoms with van der Waals surface area (Å²) in [7, 11) is 0. The molecule has 2 fully saturated rings. The van der Waals surface area contributed by atoms with Crippen molar-refractivity contribution in [2.24, 2.45) is 5.92 Å². The molecule has 1 aliphatic carbocycles. The molecule has 1 amide bonds. The molecular weight excluding hydrogens is 276 g/mol. The number of phenols is 1. The third kappa shape index (κ3) is 4.01. The van der Waals surface area contributed by atoms with Crippen molar-refractivity contribution < 1.29 is 9.90 Å². The molecule has 120 valence electrons. The third-order valence-corrected chi connectivity index (χ3v) is 4.85. The Hall–Kier alpha value is -1.55. The standard InChI is InChI=1S/C18H26N2O2/c21-15-7-5-14(6-8-15)16-13-17(16)18(22)19-9-1-2-10-20-11-3-4-12-20/h5-8,16-17,21H,1-4,9-13H2,(H,19,22). The van der Waals surface area contributed by atoms with Gasteiger partial charge in [-0.15, -0.1) is 0 Å². The molecule has 3 rings (SSSR count). The summed E-state index contributed by atoms with van der Waals surface area (Å²) in [6.45, 7) is 4.48. The van der Waals surface area contributed by atoms with Gasteiger partial charge in [0.2, 0.25) is 5.91 Å². The SMILES string of the molecule is O=C(NCCCCN1CCCC1)C1CC1c1ccc(O)cc1. The molecule has 4 nitrogen and oxygen atoms in total. The Labute approximate surface area is 132 Å². The van der Waals surface area contributed by atoms with Crippen molar-refractivity contribution in [3.8, 4) is 5.75 Å². The zero-order valence-electron chi connectivity index (χ0n) is 13.1. The van der Waals surface area contributed by atoms with Gasteiger partial charge in [0.05, 0.1) is 0 Å². The van der Waals surface area contributed by atoms with Crippen molar-refractivity contribution in [2.75, 3.05) is 26.2 Å². The van der Waals surface area contributed by atoms with E-state index in [1.807, 2.05) is 12.1 Å². The van der Waals surface area contributed by atoms with E-state index in [1.165, 1.54) is 38.9 Å². The van der Waals surface area contributed by atoms with Crippen LogP contribution in [-0.4, -0.2) is 42.1 Å². The van der Waals surface area contributed by atoms with E-state index >= 15 is 0 Å². The second kappa shape index (κ2) is 7.14. The number of phenolic OH excluding ortho intramolecular Hbond substituents is 1. The summed E-state index contributed by atoms with van der Waals surface area (Å²) in [5, 5.41) is 12.4. The van der Waals surface area contributed by atoms with E-state index in [0.717, 1.165) is 24.9 Å². The van der Waals surface area contributed by atoms with E-state index in [2.05, 4.69) is 10.2 Å². The van der Waals surface area contributed by atoms with Gasteiger partial charge in [-0.1, -0.05) is 12.1 Å². The third-order valence-electron chi connectivity index (χ3n) is 4.85. The summed E-state index contributed by atoms with van der Waals surface area (Å²) >= 11 is 0. The summed E-state index contributed by atoms with van der Waals surface area (Å²) in [6.07, 6.45) is 5.86. The van der Waals surface area contributed by atoms with Crippen LogP contribution in [0.3, 0.4) is 0 Å². The lowest BCUT2D eigenvalue weighted by atomic mass is 10.1. The first-order valence-electron chi connectivity index (χ1n) is 8.53. The van der Waals surface area contributed by atoms with Crippen LogP contribution in [0.1, 0.15) is 43.6 Å². The normalized spacial score (nSPS) is 24.4. The average molecular weight is 302 g/mol. The Morgan fingerprint density at radius 1 is 1.18 bits per heavy atom. The highest BCUT2D eigenvalue weighted by Gasteiger charge is 2.43. The lowest BCUT2D eigenvalue weighted by Crippen LogP contribution is -2.27. The van der Waals surface area contributed by atoms with Crippen LogP contribution in [0.15, 0.2) is 24.3 Å². The minimum atomic E-state index is 0.128. The van der Waals surface area contributed by atoms with Crippen molar-refractivity contribution in [1.29, 1.82) is 0 Å². The minimum absolute atomic E-state index is 0.128. The second-order valence-electron chi connectivity index (χ2n) is 6.59. The van der Waals surface area contributed by atoms with Crippen LogP contribution in [0.5, 0.6) is 5.75 Å². The maximum atomic E-state index is 12.1. The molecule has 1 saturated carbocycles. The maximum Gasteiger partial charge on any atom is 0.223 e. The molecule has 0 bridgehead atoms. The van der Waals surface area contributed by atoms with Crippen molar-refractivity contribution in [2.45, 2.75) is 38.0 Å². The molecule has 0 aromatic heterocycles. The zero-order chi connectivity index (χ0) is 15.4. The van der Waals surface area contributed by atoms with E-state index in [-0.39, 0.29) is 17.6 Å². The highest BCUT2D eigenvalue weighted by Crippen LogP contribution is 2.47. The first kappa shape index (κ1) is 15.3. The van der Waals surface area contributed by atoms with Crippen LogP contribution in [0.25, 0.3) is 0 Å². The van der Waals surface area contributed by atoms with Crippen LogP contribution < -0.4 is 5.32 Å². The van der Waals surface area contributed by atoms with Gasteiger partial charge in [-0.3, -0.25) is 4.79 Å². The highest BCUT2D eigenvalue weighted by atomic mass is 16.3. The van der Waals surface area contributed by atoms with Crippen LogP contribution in [0, 0.1) is 5.92 Å². The van der Waals surface area contributed by atoms with E-state index in [1.54, 1.807) is 12.1 Å². The monoisotopic (exact) mass is 302 g/mol. The predicted octanol–water partition coefficient (Wildman–Crippen LogP) is 2.49. The van der Waals surface area contributed by atoms with E-state index in [0.29, 0.717) is 5.92 Å². The number of rotatable bonds is 7. The number of unbranched alkanes of at least 4 members (excludes halogenated alkanes) is 1. The van der Waals surface area contributed by atoms with Crippen LogP contribution in [0.4, 0.5) is 0 Å². The van der Waals surface area contributed by atoms with Crippen molar-refractivity contribution in [3.05, 3.63) is 29.8 Å². The number of hydrogen-bond donors (Lipinski definition) is 2.